The van der Waals surface area contributed by atoms with E-state index in [1.165, 1.54) is 31.4 Å². The highest BCUT2D eigenvalue weighted by atomic mass is 35.5. The Kier molecular flexibility index (Phi) is 8.58. The third-order valence-electron chi connectivity index (χ3n) is 6.39. The van der Waals surface area contributed by atoms with Crippen molar-refractivity contribution < 1.29 is 22.7 Å². The summed E-state index contributed by atoms with van der Waals surface area (Å²) in [6, 6.07) is 17.6. The lowest BCUT2D eigenvalue weighted by Crippen LogP contribution is -2.39. The molecule has 0 aliphatic carbocycles. The normalized spacial score (nSPS) is 13.6. The van der Waals surface area contributed by atoms with Gasteiger partial charge in [-0.25, -0.2) is 8.42 Å². The number of methoxy groups -OCH3 is 1. The summed E-state index contributed by atoms with van der Waals surface area (Å²) in [6.45, 7) is 2.66. The zero-order valence-corrected chi connectivity index (χ0v) is 22.9. The molecule has 8 nitrogen and oxygen atoms in total. The van der Waals surface area contributed by atoms with Gasteiger partial charge in [0.15, 0.2) is 0 Å². The number of amides is 2. The first-order chi connectivity index (χ1) is 18.2. The van der Waals surface area contributed by atoms with Gasteiger partial charge in [0.25, 0.3) is 15.9 Å². The minimum atomic E-state index is -4.14. The molecule has 1 heterocycles. The molecule has 0 radical (unpaired) electrons. The van der Waals surface area contributed by atoms with Crippen molar-refractivity contribution >= 4 is 44.8 Å². The van der Waals surface area contributed by atoms with Crippen LogP contribution in [0.1, 0.15) is 35.2 Å². The maximum absolute atomic E-state index is 13.7. The number of aryl methyl sites for hydroxylation is 1. The quantitative estimate of drug-likeness (QED) is 0.416. The molecule has 0 unspecified atom stereocenters. The molecule has 4 rings (SSSR count). The predicted octanol–water partition coefficient (Wildman–Crippen LogP) is 5.12. The van der Waals surface area contributed by atoms with Crippen molar-refractivity contribution in [3.63, 3.8) is 0 Å². The first-order valence-corrected chi connectivity index (χ1v) is 14.1. The molecular weight excluding hydrogens is 526 g/mol. The van der Waals surface area contributed by atoms with E-state index in [2.05, 4.69) is 5.32 Å². The third-order valence-corrected chi connectivity index (χ3v) is 8.48. The minimum Gasteiger partial charge on any atom is -0.495 e. The molecule has 0 spiro atoms. The molecular formula is C28H30ClN3O5S. The Labute approximate surface area is 228 Å². The van der Waals surface area contributed by atoms with Crippen LogP contribution in [0, 0.1) is 6.92 Å². The molecule has 0 saturated carbocycles. The van der Waals surface area contributed by atoms with Gasteiger partial charge in [-0.3, -0.25) is 13.9 Å². The lowest BCUT2D eigenvalue weighted by atomic mass is 10.1. The summed E-state index contributed by atoms with van der Waals surface area (Å²) in [5, 5.41) is 2.95. The van der Waals surface area contributed by atoms with Gasteiger partial charge >= 0.3 is 0 Å². The molecule has 0 atom stereocenters. The highest BCUT2D eigenvalue weighted by molar-refractivity contribution is 7.92. The number of likely N-dealkylation sites (tertiary alicyclic amines) is 1. The van der Waals surface area contributed by atoms with Crippen molar-refractivity contribution in [2.24, 2.45) is 0 Å². The number of hydrogen-bond donors (Lipinski definition) is 1. The highest BCUT2D eigenvalue weighted by Crippen LogP contribution is 2.32. The molecule has 2 amide bonds. The number of anilines is 2. The molecule has 3 aromatic carbocycles. The maximum atomic E-state index is 13.7. The summed E-state index contributed by atoms with van der Waals surface area (Å²) in [7, 11) is -2.68. The van der Waals surface area contributed by atoms with Crippen molar-refractivity contribution in [1.82, 2.24) is 4.90 Å². The van der Waals surface area contributed by atoms with Crippen LogP contribution in [0.5, 0.6) is 5.75 Å². The molecule has 1 fully saturated rings. The molecule has 3 aromatic rings. The van der Waals surface area contributed by atoms with Gasteiger partial charge < -0.3 is 15.0 Å². The Morgan fingerprint density at radius 1 is 1.00 bits per heavy atom. The van der Waals surface area contributed by atoms with Crippen molar-refractivity contribution in [3.05, 3.63) is 82.9 Å². The number of rotatable bonds is 8. The number of benzene rings is 3. The zero-order valence-electron chi connectivity index (χ0n) is 21.3. The number of para-hydroxylation sites is 1. The van der Waals surface area contributed by atoms with Crippen LogP contribution in [0.25, 0.3) is 0 Å². The molecule has 10 heteroatoms. The fourth-order valence-corrected chi connectivity index (χ4v) is 5.99. The SMILES string of the molecule is COc1ccc(N(CC(=O)Nc2ccccc2C(=O)N2CCCCC2)S(=O)(=O)c2ccc(C)cc2)cc1Cl. The predicted molar refractivity (Wildman–Crippen MR) is 149 cm³/mol. The first-order valence-electron chi connectivity index (χ1n) is 12.3. The second-order valence-corrected chi connectivity index (χ2v) is 11.4. The van der Waals surface area contributed by atoms with E-state index < -0.39 is 22.5 Å². The van der Waals surface area contributed by atoms with Crippen LogP contribution in [0.15, 0.2) is 71.6 Å². The van der Waals surface area contributed by atoms with Crippen molar-refractivity contribution in [3.8, 4) is 5.75 Å². The monoisotopic (exact) mass is 555 g/mol. The molecule has 1 N–H and O–H groups in total. The van der Waals surface area contributed by atoms with E-state index in [1.54, 1.807) is 47.4 Å². The van der Waals surface area contributed by atoms with E-state index in [9.17, 15) is 18.0 Å². The van der Waals surface area contributed by atoms with E-state index in [0.29, 0.717) is 30.1 Å². The van der Waals surface area contributed by atoms with Crippen LogP contribution in [0.2, 0.25) is 5.02 Å². The Balaban J connectivity index is 1.64. The summed E-state index contributed by atoms with van der Waals surface area (Å²) in [5.74, 6) is -0.393. The second-order valence-electron chi connectivity index (χ2n) is 9.09. The Morgan fingerprint density at radius 2 is 1.68 bits per heavy atom. The lowest BCUT2D eigenvalue weighted by Gasteiger charge is -2.28. The Bertz CT molecular complexity index is 1420. The van der Waals surface area contributed by atoms with Gasteiger partial charge in [0.05, 0.1) is 34.0 Å². The number of sulfonamides is 1. The van der Waals surface area contributed by atoms with Gasteiger partial charge in [-0.05, 0) is 68.7 Å². The summed E-state index contributed by atoms with van der Waals surface area (Å²) < 4.78 is 33.6. The minimum absolute atomic E-state index is 0.0310. The first kappa shape index (κ1) is 27.5. The highest BCUT2D eigenvalue weighted by Gasteiger charge is 2.29. The maximum Gasteiger partial charge on any atom is 0.264 e. The van der Waals surface area contributed by atoms with Crippen molar-refractivity contribution in [2.45, 2.75) is 31.1 Å². The molecule has 1 aliphatic heterocycles. The lowest BCUT2D eigenvalue weighted by molar-refractivity contribution is -0.114. The molecule has 1 saturated heterocycles. The van der Waals surface area contributed by atoms with E-state index in [-0.39, 0.29) is 21.5 Å². The summed E-state index contributed by atoms with van der Waals surface area (Å²) in [4.78, 5) is 28.3. The average Bonchev–Trinajstić information content (AvgIpc) is 2.92. The van der Waals surface area contributed by atoms with E-state index in [4.69, 9.17) is 16.3 Å². The summed E-state index contributed by atoms with van der Waals surface area (Å²) in [5.41, 5.74) is 1.79. The van der Waals surface area contributed by atoms with Crippen LogP contribution in [-0.2, 0) is 14.8 Å². The van der Waals surface area contributed by atoms with Gasteiger partial charge in [0.1, 0.15) is 12.3 Å². The fourth-order valence-electron chi connectivity index (χ4n) is 4.33. The number of nitrogens with zero attached hydrogens (tertiary/aromatic N) is 2. The zero-order chi connectivity index (χ0) is 27.3. The standard InChI is InChI=1S/C28H30ClN3O5S/c1-20-10-13-22(14-11-20)38(35,36)32(21-12-15-26(37-2)24(29)18-21)19-27(33)30-25-9-5-4-8-23(25)28(34)31-16-6-3-7-17-31/h4-5,8-15,18H,3,6-7,16-17,19H2,1-2H3,(H,30,33). The number of carbonyl (C=O) groups is 2. The van der Waals surface area contributed by atoms with E-state index in [1.807, 2.05) is 6.92 Å². The number of hydrogen-bond acceptors (Lipinski definition) is 5. The third kappa shape index (κ3) is 6.11. The Hall–Kier alpha value is -3.56. The fraction of sp³-hybridized carbons (Fsp3) is 0.286. The number of nitrogens with one attached hydrogen (secondary N) is 1. The van der Waals surface area contributed by atoms with Gasteiger partial charge in [-0.1, -0.05) is 41.4 Å². The average molecular weight is 556 g/mol. The summed E-state index contributed by atoms with van der Waals surface area (Å²) >= 11 is 6.30. The second kappa shape index (κ2) is 11.9. The van der Waals surface area contributed by atoms with Crippen molar-refractivity contribution in [2.75, 3.05) is 36.4 Å². The van der Waals surface area contributed by atoms with Crippen molar-refractivity contribution in [1.29, 1.82) is 0 Å². The van der Waals surface area contributed by atoms with Crippen LogP contribution in [-0.4, -0.2) is 51.9 Å². The van der Waals surface area contributed by atoms with E-state index >= 15 is 0 Å². The van der Waals surface area contributed by atoms with Gasteiger partial charge in [0.2, 0.25) is 5.91 Å². The van der Waals surface area contributed by atoms with Crippen LogP contribution in [0.3, 0.4) is 0 Å². The van der Waals surface area contributed by atoms with Gasteiger partial charge in [0, 0.05) is 13.1 Å². The summed E-state index contributed by atoms with van der Waals surface area (Å²) in [6.07, 6.45) is 2.97. The van der Waals surface area contributed by atoms with E-state index in [0.717, 1.165) is 29.1 Å². The van der Waals surface area contributed by atoms with Crippen LogP contribution in [0.4, 0.5) is 11.4 Å². The molecule has 0 aromatic heterocycles. The molecule has 0 bridgehead atoms. The number of carbonyl (C=O) groups excluding carboxylic acids is 2. The van der Waals surface area contributed by atoms with Gasteiger partial charge in [-0.15, -0.1) is 0 Å². The van der Waals surface area contributed by atoms with Crippen LogP contribution >= 0.6 is 11.6 Å². The smallest absolute Gasteiger partial charge is 0.264 e. The molecule has 38 heavy (non-hydrogen) atoms. The van der Waals surface area contributed by atoms with Gasteiger partial charge in [-0.2, -0.15) is 0 Å². The largest absolute Gasteiger partial charge is 0.495 e. The van der Waals surface area contributed by atoms with Crippen LogP contribution < -0.4 is 14.4 Å². The topological polar surface area (TPSA) is 96.0 Å². The Morgan fingerprint density at radius 3 is 2.34 bits per heavy atom. The number of piperidine rings is 1. The molecule has 1 aliphatic rings. The number of halogens is 1. The molecule has 200 valence electrons. The number of ether oxygens (including phenoxy) is 1.